The zero-order chi connectivity index (χ0) is 10.3. The van der Waals surface area contributed by atoms with E-state index in [1.165, 1.54) is 17.0 Å². The summed E-state index contributed by atoms with van der Waals surface area (Å²) < 4.78 is 1.36. The van der Waals surface area contributed by atoms with Crippen LogP contribution in [0.4, 0.5) is 0 Å². The number of pyridine rings is 1. The molecule has 14 heavy (non-hydrogen) atoms. The van der Waals surface area contributed by atoms with Crippen molar-refractivity contribution < 1.29 is 0 Å². The Balaban J connectivity index is 3.03. The quantitative estimate of drug-likeness (QED) is 0.646. The molecule has 2 aromatic heterocycles. The second-order valence-corrected chi connectivity index (χ2v) is 3.54. The zero-order valence-electron chi connectivity index (χ0n) is 7.16. The monoisotopic (exact) mass is 229 g/mol. The van der Waals surface area contributed by atoms with Gasteiger partial charge >= 0.3 is 0 Å². The largest absolute Gasteiger partial charge is 0.302 e. The fourth-order valence-electron chi connectivity index (χ4n) is 1.15. The maximum atomic E-state index is 11.6. The van der Waals surface area contributed by atoms with Crippen LogP contribution in [0.2, 0.25) is 10.3 Å². The lowest BCUT2D eigenvalue weighted by atomic mass is 10.3. The minimum absolute atomic E-state index is 0.144. The van der Waals surface area contributed by atoms with E-state index < -0.39 is 0 Å². The zero-order valence-corrected chi connectivity index (χ0v) is 8.67. The highest BCUT2D eigenvalue weighted by atomic mass is 35.5. The molecule has 2 rings (SSSR count). The molecular formula is C8H5Cl2N3O. The van der Waals surface area contributed by atoms with Gasteiger partial charge in [0.25, 0.3) is 5.56 Å². The fourth-order valence-corrected chi connectivity index (χ4v) is 1.63. The van der Waals surface area contributed by atoms with Crippen molar-refractivity contribution in [2.24, 2.45) is 7.05 Å². The predicted octanol–water partition coefficient (Wildman–Crippen LogP) is 1.64. The van der Waals surface area contributed by atoms with Crippen molar-refractivity contribution in [3.63, 3.8) is 0 Å². The molecule has 0 spiro atoms. The average molecular weight is 230 g/mol. The molecular weight excluding hydrogens is 225 g/mol. The Labute approximate surface area is 89.1 Å². The van der Waals surface area contributed by atoms with E-state index in [2.05, 4.69) is 9.97 Å². The predicted molar refractivity (Wildman–Crippen MR) is 54.8 cm³/mol. The lowest BCUT2D eigenvalue weighted by Crippen LogP contribution is -2.17. The highest BCUT2D eigenvalue weighted by Gasteiger charge is 2.07. The molecule has 2 heterocycles. The summed E-state index contributed by atoms with van der Waals surface area (Å²) in [7, 11) is 1.61. The molecule has 0 atom stereocenters. The summed E-state index contributed by atoms with van der Waals surface area (Å²) in [5.74, 6) is 0. The first-order valence-electron chi connectivity index (χ1n) is 3.77. The smallest absolute Gasteiger partial charge is 0.261 e. The van der Waals surface area contributed by atoms with Crippen LogP contribution in [-0.2, 0) is 7.05 Å². The van der Waals surface area contributed by atoms with E-state index >= 15 is 0 Å². The average Bonchev–Trinajstić information content (AvgIpc) is 2.12. The van der Waals surface area contributed by atoms with Crippen LogP contribution < -0.4 is 5.56 Å². The van der Waals surface area contributed by atoms with Crippen molar-refractivity contribution in [1.29, 1.82) is 0 Å². The molecule has 0 fully saturated rings. The van der Waals surface area contributed by atoms with Crippen molar-refractivity contribution >= 4 is 34.1 Å². The van der Waals surface area contributed by atoms with E-state index in [0.29, 0.717) is 10.9 Å². The Bertz CT molecular complexity index is 564. The van der Waals surface area contributed by atoms with Gasteiger partial charge in [0.05, 0.1) is 11.7 Å². The molecule has 0 saturated heterocycles. The van der Waals surface area contributed by atoms with Crippen molar-refractivity contribution in [3.8, 4) is 0 Å². The van der Waals surface area contributed by atoms with Gasteiger partial charge < -0.3 is 4.57 Å². The van der Waals surface area contributed by atoms with E-state index in [-0.39, 0.29) is 15.9 Å². The van der Waals surface area contributed by atoms with Crippen molar-refractivity contribution in [3.05, 3.63) is 33.1 Å². The standard InChI is InChI=1S/C8H5Cl2N3O/c1-13-3-11-6-4(8(13)14)2-5(9)12-7(6)10/h2-3H,1H3. The summed E-state index contributed by atoms with van der Waals surface area (Å²) in [6.45, 7) is 0. The number of hydrogen-bond acceptors (Lipinski definition) is 3. The van der Waals surface area contributed by atoms with Crippen LogP contribution in [0, 0.1) is 0 Å². The molecule has 0 aliphatic heterocycles. The number of aromatic nitrogens is 3. The van der Waals surface area contributed by atoms with Gasteiger partial charge in [0, 0.05) is 7.05 Å². The third-order valence-electron chi connectivity index (χ3n) is 1.83. The molecule has 0 radical (unpaired) electrons. The molecule has 0 amide bonds. The number of aryl methyl sites for hydroxylation is 1. The number of halogens is 2. The molecule has 0 N–H and O–H groups in total. The molecule has 6 heteroatoms. The minimum atomic E-state index is -0.193. The van der Waals surface area contributed by atoms with Crippen LogP contribution in [0.1, 0.15) is 0 Å². The van der Waals surface area contributed by atoms with Gasteiger partial charge in [-0.1, -0.05) is 23.2 Å². The lowest BCUT2D eigenvalue weighted by Gasteiger charge is -2.01. The van der Waals surface area contributed by atoms with Crippen molar-refractivity contribution in [2.75, 3.05) is 0 Å². The lowest BCUT2D eigenvalue weighted by molar-refractivity contribution is 0.842. The summed E-state index contributed by atoms with van der Waals surface area (Å²) in [6.07, 6.45) is 1.39. The van der Waals surface area contributed by atoms with Gasteiger partial charge in [-0.2, -0.15) is 0 Å². The Kier molecular flexibility index (Phi) is 2.17. The highest BCUT2D eigenvalue weighted by Crippen LogP contribution is 2.19. The molecule has 0 saturated carbocycles. The van der Waals surface area contributed by atoms with Crippen LogP contribution in [0.15, 0.2) is 17.2 Å². The third kappa shape index (κ3) is 1.36. The Morgan fingerprint density at radius 2 is 2.14 bits per heavy atom. The Morgan fingerprint density at radius 3 is 2.86 bits per heavy atom. The van der Waals surface area contributed by atoms with E-state index in [4.69, 9.17) is 23.2 Å². The summed E-state index contributed by atoms with van der Waals surface area (Å²) in [6, 6.07) is 1.46. The molecule has 4 nitrogen and oxygen atoms in total. The first kappa shape index (κ1) is 9.43. The molecule has 0 aliphatic rings. The first-order valence-corrected chi connectivity index (χ1v) is 4.52. The highest BCUT2D eigenvalue weighted by molar-refractivity contribution is 6.36. The third-order valence-corrected chi connectivity index (χ3v) is 2.29. The van der Waals surface area contributed by atoms with E-state index in [0.717, 1.165) is 0 Å². The van der Waals surface area contributed by atoms with Crippen LogP contribution in [0.5, 0.6) is 0 Å². The molecule has 0 aliphatic carbocycles. The first-order chi connectivity index (χ1) is 6.59. The maximum absolute atomic E-state index is 11.6. The van der Waals surface area contributed by atoms with Gasteiger partial charge in [0.15, 0.2) is 5.15 Å². The Morgan fingerprint density at radius 1 is 1.43 bits per heavy atom. The van der Waals surface area contributed by atoms with Crippen molar-refractivity contribution in [1.82, 2.24) is 14.5 Å². The van der Waals surface area contributed by atoms with Crippen LogP contribution in [-0.4, -0.2) is 14.5 Å². The van der Waals surface area contributed by atoms with Gasteiger partial charge in [0.1, 0.15) is 10.7 Å². The van der Waals surface area contributed by atoms with Crippen LogP contribution >= 0.6 is 23.2 Å². The molecule has 0 aromatic carbocycles. The van der Waals surface area contributed by atoms with Gasteiger partial charge in [-0.25, -0.2) is 9.97 Å². The summed E-state index contributed by atoms with van der Waals surface area (Å²) in [4.78, 5) is 19.4. The second-order valence-electron chi connectivity index (χ2n) is 2.79. The maximum Gasteiger partial charge on any atom is 0.261 e. The topological polar surface area (TPSA) is 47.8 Å². The minimum Gasteiger partial charge on any atom is -0.302 e. The molecule has 72 valence electrons. The van der Waals surface area contributed by atoms with Gasteiger partial charge in [-0.15, -0.1) is 0 Å². The number of rotatable bonds is 0. The van der Waals surface area contributed by atoms with Crippen molar-refractivity contribution in [2.45, 2.75) is 0 Å². The second kappa shape index (κ2) is 3.22. The normalized spacial score (nSPS) is 10.8. The summed E-state index contributed by atoms with van der Waals surface area (Å²) in [5.41, 5.74) is 0.181. The molecule has 0 bridgehead atoms. The van der Waals surface area contributed by atoms with E-state index in [9.17, 15) is 4.79 Å². The molecule has 2 aromatic rings. The summed E-state index contributed by atoms with van der Waals surface area (Å²) in [5, 5.41) is 0.706. The SMILES string of the molecule is Cn1cnc2c(Cl)nc(Cl)cc2c1=O. The van der Waals surface area contributed by atoms with Gasteiger partial charge in [-0.3, -0.25) is 4.79 Å². The van der Waals surface area contributed by atoms with E-state index in [1.54, 1.807) is 7.05 Å². The van der Waals surface area contributed by atoms with Crippen LogP contribution in [0.3, 0.4) is 0 Å². The fraction of sp³-hybridized carbons (Fsp3) is 0.125. The number of nitrogens with zero attached hydrogens (tertiary/aromatic N) is 3. The molecule has 0 unspecified atom stereocenters. The number of hydrogen-bond donors (Lipinski definition) is 0. The van der Waals surface area contributed by atoms with Gasteiger partial charge in [0.2, 0.25) is 0 Å². The Hall–Kier alpha value is -1.13. The van der Waals surface area contributed by atoms with Gasteiger partial charge in [-0.05, 0) is 6.07 Å². The number of fused-ring (bicyclic) bond motifs is 1. The van der Waals surface area contributed by atoms with E-state index in [1.807, 2.05) is 0 Å². The summed E-state index contributed by atoms with van der Waals surface area (Å²) >= 11 is 11.5. The van der Waals surface area contributed by atoms with Crippen LogP contribution in [0.25, 0.3) is 10.9 Å².